The Hall–Kier alpha value is -1.08. The van der Waals surface area contributed by atoms with Crippen LogP contribution in [0.3, 0.4) is 0 Å². The first kappa shape index (κ1) is 10.0. The van der Waals surface area contributed by atoms with Crippen LogP contribution in [-0.2, 0) is 6.61 Å². The van der Waals surface area contributed by atoms with E-state index in [1.54, 1.807) is 0 Å². The summed E-state index contributed by atoms with van der Waals surface area (Å²) in [7, 11) is 0. The van der Waals surface area contributed by atoms with E-state index in [0.29, 0.717) is 0 Å². The highest BCUT2D eigenvalue weighted by Gasteiger charge is 1.95. The molecular formula is C12H16O. The fourth-order valence-electron chi connectivity index (χ4n) is 1.25. The number of hydrogen-bond acceptors (Lipinski definition) is 1. The molecule has 1 aromatic rings. The van der Waals surface area contributed by atoms with E-state index in [4.69, 9.17) is 5.11 Å². The van der Waals surface area contributed by atoms with Crippen LogP contribution in [0.25, 0.3) is 6.08 Å². The fourth-order valence-corrected chi connectivity index (χ4v) is 1.25. The molecule has 0 spiro atoms. The lowest BCUT2D eigenvalue weighted by Crippen LogP contribution is -1.88. The molecule has 1 heteroatoms. The molecule has 0 radical (unpaired) electrons. The number of aryl methyl sites for hydroxylation is 1. The second-order valence-corrected chi connectivity index (χ2v) is 3.15. The second-order valence-electron chi connectivity index (χ2n) is 3.15. The largest absolute Gasteiger partial charge is 0.392 e. The lowest BCUT2D eigenvalue weighted by molar-refractivity contribution is 0.281. The van der Waals surface area contributed by atoms with Crippen molar-refractivity contribution in [2.24, 2.45) is 0 Å². The lowest BCUT2D eigenvalue weighted by Gasteiger charge is -2.02. The van der Waals surface area contributed by atoms with Gasteiger partial charge in [-0.25, -0.2) is 0 Å². The molecule has 1 nitrogen and oxygen atoms in total. The first-order valence-corrected chi connectivity index (χ1v) is 4.65. The molecule has 1 rings (SSSR count). The van der Waals surface area contributed by atoms with Crippen molar-refractivity contribution in [2.45, 2.75) is 26.9 Å². The summed E-state index contributed by atoms with van der Waals surface area (Å²) in [5.41, 5.74) is 3.37. The standard InChI is InChI=1S/C12H16O/c1-3-4-5-11-6-7-12(9-13)10(2)8-11/h4-8,13H,3,9H2,1-2H3. The zero-order chi connectivity index (χ0) is 9.68. The fraction of sp³-hybridized carbons (Fsp3) is 0.333. The third-order valence-electron chi connectivity index (χ3n) is 2.08. The van der Waals surface area contributed by atoms with E-state index >= 15 is 0 Å². The third-order valence-corrected chi connectivity index (χ3v) is 2.08. The maximum Gasteiger partial charge on any atom is 0.0684 e. The monoisotopic (exact) mass is 176 g/mol. The topological polar surface area (TPSA) is 20.2 Å². The molecule has 0 amide bonds. The average molecular weight is 176 g/mol. The molecule has 0 aliphatic carbocycles. The summed E-state index contributed by atoms with van der Waals surface area (Å²) in [6, 6.07) is 6.10. The lowest BCUT2D eigenvalue weighted by atomic mass is 10.1. The zero-order valence-electron chi connectivity index (χ0n) is 8.25. The first-order chi connectivity index (χ1) is 6.27. The zero-order valence-corrected chi connectivity index (χ0v) is 8.25. The summed E-state index contributed by atoms with van der Waals surface area (Å²) in [5.74, 6) is 0. The van der Waals surface area contributed by atoms with Gasteiger partial charge in [-0.3, -0.25) is 0 Å². The van der Waals surface area contributed by atoms with E-state index in [9.17, 15) is 0 Å². The molecule has 0 fully saturated rings. The van der Waals surface area contributed by atoms with Crippen molar-refractivity contribution in [3.63, 3.8) is 0 Å². The van der Waals surface area contributed by atoms with Gasteiger partial charge in [0, 0.05) is 0 Å². The van der Waals surface area contributed by atoms with Gasteiger partial charge >= 0.3 is 0 Å². The summed E-state index contributed by atoms with van der Waals surface area (Å²) in [6.45, 7) is 4.27. The Labute approximate surface area is 79.7 Å². The number of rotatable bonds is 3. The van der Waals surface area contributed by atoms with E-state index in [2.05, 4.69) is 25.1 Å². The first-order valence-electron chi connectivity index (χ1n) is 4.65. The van der Waals surface area contributed by atoms with Crippen LogP contribution in [0.15, 0.2) is 24.3 Å². The highest BCUT2D eigenvalue weighted by Crippen LogP contribution is 2.12. The Morgan fingerprint density at radius 1 is 1.38 bits per heavy atom. The van der Waals surface area contributed by atoms with E-state index in [0.717, 1.165) is 17.5 Å². The van der Waals surface area contributed by atoms with Crippen molar-refractivity contribution in [1.29, 1.82) is 0 Å². The van der Waals surface area contributed by atoms with Gasteiger partial charge in [0.05, 0.1) is 6.61 Å². The van der Waals surface area contributed by atoms with Gasteiger partial charge in [0.2, 0.25) is 0 Å². The maximum absolute atomic E-state index is 8.97. The normalized spacial score (nSPS) is 11.0. The van der Waals surface area contributed by atoms with Crippen LogP contribution in [0.1, 0.15) is 30.0 Å². The summed E-state index contributed by atoms with van der Waals surface area (Å²) in [5, 5.41) is 8.97. The Morgan fingerprint density at radius 3 is 2.69 bits per heavy atom. The predicted molar refractivity (Wildman–Crippen MR) is 56.4 cm³/mol. The van der Waals surface area contributed by atoms with Crippen molar-refractivity contribution in [2.75, 3.05) is 0 Å². The van der Waals surface area contributed by atoms with Crippen LogP contribution in [-0.4, -0.2) is 5.11 Å². The molecule has 0 bridgehead atoms. The number of benzene rings is 1. The number of aliphatic hydroxyl groups excluding tert-OH is 1. The maximum atomic E-state index is 8.97. The minimum absolute atomic E-state index is 0.129. The van der Waals surface area contributed by atoms with Crippen molar-refractivity contribution in [3.8, 4) is 0 Å². The molecule has 0 atom stereocenters. The molecule has 0 saturated carbocycles. The summed E-state index contributed by atoms with van der Waals surface area (Å²) in [6.07, 6.45) is 5.29. The summed E-state index contributed by atoms with van der Waals surface area (Å²) in [4.78, 5) is 0. The van der Waals surface area contributed by atoms with Gasteiger partial charge in [-0.1, -0.05) is 37.3 Å². The molecule has 70 valence electrons. The highest BCUT2D eigenvalue weighted by molar-refractivity contribution is 5.51. The van der Waals surface area contributed by atoms with Gasteiger partial charge in [-0.15, -0.1) is 0 Å². The molecule has 0 heterocycles. The molecule has 0 aromatic heterocycles. The molecular weight excluding hydrogens is 160 g/mol. The average Bonchev–Trinajstić information content (AvgIpc) is 2.15. The van der Waals surface area contributed by atoms with E-state index in [-0.39, 0.29) is 6.61 Å². The van der Waals surface area contributed by atoms with Crippen LogP contribution < -0.4 is 0 Å². The SMILES string of the molecule is CCC=Cc1ccc(CO)c(C)c1. The molecule has 0 aliphatic heterocycles. The number of allylic oxidation sites excluding steroid dienone is 1. The van der Waals surface area contributed by atoms with Crippen molar-refractivity contribution in [3.05, 3.63) is 41.0 Å². The quantitative estimate of drug-likeness (QED) is 0.750. The third kappa shape index (κ3) is 2.71. The van der Waals surface area contributed by atoms with Crippen molar-refractivity contribution >= 4 is 6.08 Å². The van der Waals surface area contributed by atoms with Gasteiger partial charge < -0.3 is 5.11 Å². The van der Waals surface area contributed by atoms with E-state index < -0.39 is 0 Å². The highest BCUT2D eigenvalue weighted by atomic mass is 16.3. The molecule has 1 N–H and O–H groups in total. The molecule has 0 aliphatic rings. The van der Waals surface area contributed by atoms with Gasteiger partial charge in [0.15, 0.2) is 0 Å². The summed E-state index contributed by atoms with van der Waals surface area (Å²) < 4.78 is 0. The minimum atomic E-state index is 0.129. The smallest absolute Gasteiger partial charge is 0.0684 e. The van der Waals surface area contributed by atoms with Crippen LogP contribution in [0.4, 0.5) is 0 Å². The molecule has 1 aromatic carbocycles. The van der Waals surface area contributed by atoms with Gasteiger partial charge in [-0.05, 0) is 30.0 Å². The molecule has 13 heavy (non-hydrogen) atoms. The molecule has 0 unspecified atom stereocenters. The number of aliphatic hydroxyl groups is 1. The Kier molecular flexibility index (Phi) is 3.71. The van der Waals surface area contributed by atoms with E-state index in [1.807, 2.05) is 19.1 Å². The molecule has 0 saturated heterocycles. The Balaban J connectivity index is 2.89. The predicted octanol–water partition coefficient (Wildman–Crippen LogP) is 2.91. The van der Waals surface area contributed by atoms with Crippen LogP contribution in [0.2, 0.25) is 0 Å². The number of hydrogen-bond donors (Lipinski definition) is 1. The van der Waals surface area contributed by atoms with Crippen LogP contribution in [0, 0.1) is 6.92 Å². The van der Waals surface area contributed by atoms with Crippen LogP contribution >= 0.6 is 0 Å². The van der Waals surface area contributed by atoms with E-state index in [1.165, 1.54) is 5.56 Å². The Bertz CT molecular complexity index is 300. The van der Waals surface area contributed by atoms with Gasteiger partial charge in [-0.2, -0.15) is 0 Å². The summed E-state index contributed by atoms with van der Waals surface area (Å²) >= 11 is 0. The van der Waals surface area contributed by atoms with Crippen LogP contribution in [0.5, 0.6) is 0 Å². The van der Waals surface area contributed by atoms with Crippen molar-refractivity contribution < 1.29 is 5.11 Å². The second kappa shape index (κ2) is 4.83. The van der Waals surface area contributed by atoms with Crippen molar-refractivity contribution in [1.82, 2.24) is 0 Å². The van der Waals surface area contributed by atoms with Gasteiger partial charge in [0.25, 0.3) is 0 Å². The van der Waals surface area contributed by atoms with Gasteiger partial charge in [0.1, 0.15) is 0 Å². The minimum Gasteiger partial charge on any atom is -0.392 e. The Morgan fingerprint density at radius 2 is 2.15 bits per heavy atom.